The number of hydrogen-bond acceptors (Lipinski definition) is 2. The van der Waals surface area contributed by atoms with Crippen LogP contribution < -0.4 is 4.72 Å². The lowest BCUT2D eigenvalue weighted by Gasteiger charge is -2.23. The van der Waals surface area contributed by atoms with Crippen LogP contribution in [0.1, 0.15) is 38.3 Å². The van der Waals surface area contributed by atoms with Crippen molar-refractivity contribution in [3.05, 3.63) is 59.7 Å². The first-order chi connectivity index (χ1) is 10.2. The van der Waals surface area contributed by atoms with Gasteiger partial charge in [-0.1, -0.05) is 50.6 Å². The second-order valence-electron chi connectivity index (χ2n) is 6.23. The van der Waals surface area contributed by atoms with Crippen LogP contribution >= 0.6 is 0 Å². The molecule has 4 heteroatoms. The van der Waals surface area contributed by atoms with Crippen LogP contribution in [0.5, 0.6) is 0 Å². The first kappa shape index (κ1) is 16.6. The average molecular weight is 317 g/mol. The topological polar surface area (TPSA) is 46.2 Å². The highest BCUT2D eigenvalue weighted by molar-refractivity contribution is 7.92. The summed E-state index contributed by atoms with van der Waals surface area (Å²) in [6.07, 6.45) is 1.03. The Morgan fingerprint density at radius 2 is 1.50 bits per heavy atom. The highest BCUT2D eigenvalue weighted by atomic mass is 32.2. The van der Waals surface area contributed by atoms with Crippen molar-refractivity contribution in [1.82, 2.24) is 0 Å². The molecule has 0 aliphatic rings. The number of sulfonamides is 1. The average Bonchev–Trinajstić information content (AvgIpc) is 2.48. The molecule has 0 heterocycles. The van der Waals surface area contributed by atoms with Crippen LogP contribution in [-0.2, 0) is 15.4 Å². The fourth-order valence-corrected chi connectivity index (χ4v) is 3.18. The van der Waals surface area contributed by atoms with Crippen LogP contribution in [0.25, 0.3) is 0 Å². The summed E-state index contributed by atoms with van der Waals surface area (Å²) in [5.41, 5.74) is 2.91. The highest BCUT2D eigenvalue weighted by Gasteiger charge is 2.18. The van der Waals surface area contributed by atoms with Gasteiger partial charge >= 0.3 is 0 Å². The van der Waals surface area contributed by atoms with Gasteiger partial charge in [0.2, 0.25) is 0 Å². The lowest BCUT2D eigenvalue weighted by atomic mass is 9.82. The number of hydrogen-bond donors (Lipinski definition) is 1. The van der Waals surface area contributed by atoms with Gasteiger partial charge in [-0.05, 0) is 48.6 Å². The number of anilines is 1. The van der Waals surface area contributed by atoms with E-state index in [9.17, 15) is 8.42 Å². The molecule has 0 radical (unpaired) electrons. The monoisotopic (exact) mass is 317 g/mol. The van der Waals surface area contributed by atoms with Gasteiger partial charge < -0.3 is 0 Å². The Labute approximate surface area is 133 Å². The van der Waals surface area contributed by atoms with Gasteiger partial charge in [0, 0.05) is 5.69 Å². The van der Waals surface area contributed by atoms with E-state index in [0.29, 0.717) is 5.69 Å². The van der Waals surface area contributed by atoms with Gasteiger partial charge in [0.15, 0.2) is 0 Å². The maximum Gasteiger partial charge on any atom is 0.261 e. The van der Waals surface area contributed by atoms with E-state index in [-0.39, 0.29) is 10.3 Å². The summed E-state index contributed by atoms with van der Waals surface area (Å²) in [5.74, 6) is 0. The van der Waals surface area contributed by atoms with Crippen molar-refractivity contribution in [3.8, 4) is 0 Å². The minimum atomic E-state index is -3.53. The Kier molecular flexibility index (Phi) is 4.61. The largest absolute Gasteiger partial charge is 0.280 e. The number of benzene rings is 2. The maximum atomic E-state index is 12.3. The van der Waals surface area contributed by atoms with E-state index in [1.165, 1.54) is 5.56 Å². The molecular weight excluding hydrogens is 294 g/mol. The summed E-state index contributed by atoms with van der Waals surface area (Å²) in [6.45, 7) is 8.43. The number of aryl methyl sites for hydroxylation is 1. The van der Waals surface area contributed by atoms with E-state index in [0.717, 1.165) is 12.0 Å². The lowest BCUT2D eigenvalue weighted by molar-refractivity contribution is 0.506. The van der Waals surface area contributed by atoms with Gasteiger partial charge in [-0.15, -0.1) is 0 Å². The molecule has 0 aromatic heterocycles. The van der Waals surface area contributed by atoms with Crippen LogP contribution in [-0.4, -0.2) is 8.42 Å². The van der Waals surface area contributed by atoms with Crippen molar-refractivity contribution in [2.24, 2.45) is 0 Å². The molecule has 118 valence electrons. The van der Waals surface area contributed by atoms with Gasteiger partial charge in [0.05, 0.1) is 4.90 Å². The molecule has 3 nitrogen and oxygen atoms in total. The highest BCUT2D eigenvalue weighted by Crippen LogP contribution is 2.28. The molecule has 0 bridgehead atoms. The van der Waals surface area contributed by atoms with E-state index in [2.05, 4.69) is 25.5 Å². The summed E-state index contributed by atoms with van der Waals surface area (Å²) < 4.78 is 27.3. The maximum absolute atomic E-state index is 12.3. The van der Waals surface area contributed by atoms with Crippen LogP contribution in [0, 0.1) is 6.92 Å². The summed E-state index contributed by atoms with van der Waals surface area (Å²) >= 11 is 0. The molecule has 0 unspecified atom stereocenters. The van der Waals surface area contributed by atoms with Crippen LogP contribution in [0.15, 0.2) is 53.4 Å². The molecule has 0 fully saturated rings. The van der Waals surface area contributed by atoms with Crippen molar-refractivity contribution in [2.45, 2.75) is 44.4 Å². The first-order valence-corrected chi connectivity index (χ1v) is 8.93. The first-order valence-electron chi connectivity index (χ1n) is 7.44. The third-order valence-electron chi connectivity index (χ3n) is 4.13. The standard InChI is InChI=1S/C18H23NO2S/c1-5-18(3,4)15-8-10-16(11-9-15)19-22(20,21)17-12-6-14(2)7-13-17/h6-13,19H,5H2,1-4H3. The fraction of sp³-hybridized carbons (Fsp3) is 0.333. The molecule has 2 aromatic carbocycles. The Hall–Kier alpha value is -1.81. The Morgan fingerprint density at radius 1 is 0.955 bits per heavy atom. The Balaban J connectivity index is 2.22. The number of nitrogens with one attached hydrogen (secondary N) is 1. The zero-order chi connectivity index (χ0) is 16.4. The van der Waals surface area contributed by atoms with Crippen LogP contribution in [0.3, 0.4) is 0 Å². The zero-order valence-electron chi connectivity index (χ0n) is 13.6. The van der Waals surface area contributed by atoms with Crippen molar-refractivity contribution < 1.29 is 8.42 Å². The van der Waals surface area contributed by atoms with Gasteiger partial charge in [0.25, 0.3) is 10.0 Å². The molecule has 22 heavy (non-hydrogen) atoms. The molecule has 2 rings (SSSR count). The van der Waals surface area contributed by atoms with E-state index in [1.54, 1.807) is 24.3 Å². The minimum absolute atomic E-state index is 0.0916. The molecule has 0 atom stereocenters. The van der Waals surface area contributed by atoms with E-state index >= 15 is 0 Å². The quantitative estimate of drug-likeness (QED) is 0.883. The van der Waals surface area contributed by atoms with Gasteiger partial charge in [-0.2, -0.15) is 0 Å². The molecular formula is C18H23NO2S. The predicted molar refractivity (Wildman–Crippen MR) is 91.7 cm³/mol. The molecule has 0 amide bonds. The Bertz CT molecular complexity index is 730. The smallest absolute Gasteiger partial charge is 0.261 e. The summed E-state index contributed by atoms with van der Waals surface area (Å²) in [7, 11) is -3.53. The molecule has 0 aliphatic heterocycles. The van der Waals surface area contributed by atoms with E-state index in [1.807, 2.05) is 31.2 Å². The molecule has 0 saturated heterocycles. The van der Waals surface area contributed by atoms with Crippen molar-refractivity contribution in [2.75, 3.05) is 4.72 Å². The van der Waals surface area contributed by atoms with Gasteiger partial charge in [0.1, 0.15) is 0 Å². The lowest BCUT2D eigenvalue weighted by Crippen LogP contribution is -2.16. The van der Waals surface area contributed by atoms with Crippen molar-refractivity contribution in [1.29, 1.82) is 0 Å². The zero-order valence-corrected chi connectivity index (χ0v) is 14.4. The van der Waals surface area contributed by atoms with Gasteiger partial charge in [-0.25, -0.2) is 8.42 Å². The van der Waals surface area contributed by atoms with Crippen molar-refractivity contribution >= 4 is 15.7 Å². The third kappa shape index (κ3) is 3.69. The second kappa shape index (κ2) is 6.13. The van der Waals surface area contributed by atoms with Crippen molar-refractivity contribution in [3.63, 3.8) is 0 Å². The van der Waals surface area contributed by atoms with Crippen LogP contribution in [0.4, 0.5) is 5.69 Å². The predicted octanol–water partition coefficient (Wildman–Crippen LogP) is 4.48. The van der Waals surface area contributed by atoms with E-state index < -0.39 is 10.0 Å². The SMILES string of the molecule is CCC(C)(C)c1ccc(NS(=O)(=O)c2ccc(C)cc2)cc1. The molecule has 0 spiro atoms. The number of rotatable bonds is 5. The molecule has 2 aromatic rings. The van der Waals surface area contributed by atoms with Gasteiger partial charge in [-0.3, -0.25) is 4.72 Å². The summed E-state index contributed by atoms with van der Waals surface area (Å²) in [4.78, 5) is 0.274. The van der Waals surface area contributed by atoms with Crippen LogP contribution in [0.2, 0.25) is 0 Å². The fourth-order valence-electron chi connectivity index (χ4n) is 2.13. The Morgan fingerprint density at radius 3 is 2.00 bits per heavy atom. The molecule has 0 saturated carbocycles. The third-order valence-corrected chi connectivity index (χ3v) is 5.53. The normalized spacial score (nSPS) is 12.2. The minimum Gasteiger partial charge on any atom is -0.280 e. The van der Waals surface area contributed by atoms with E-state index in [4.69, 9.17) is 0 Å². The summed E-state index contributed by atoms with van der Waals surface area (Å²) in [6, 6.07) is 14.4. The molecule has 0 aliphatic carbocycles. The summed E-state index contributed by atoms with van der Waals surface area (Å²) in [5, 5.41) is 0. The molecule has 1 N–H and O–H groups in total. The second-order valence-corrected chi connectivity index (χ2v) is 7.92.